The zero-order chi connectivity index (χ0) is 17.6. The largest absolute Gasteiger partial charge is 0.497 e. The number of hydrogen-bond acceptors (Lipinski definition) is 5. The summed E-state index contributed by atoms with van der Waals surface area (Å²) in [6.45, 7) is 2.00. The van der Waals surface area contributed by atoms with Gasteiger partial charge in [0.15, 0.2) is 5.84 Å². The highest BCUT2D eigenvalue weighted by Crippen LogP contribution is 2.34. The number of aryl methyl sites for hydroxylation is 1. The molecule has 2 aliphatic heterocycles. The smallest absolute Gasteiger partial charge is 0.349 e. The Hall–Kier alpha value is -3.06. The van der Waals surface area contributed by atoms with E-state index in [1.807, 2.05) is 43.3 Å². The molecule has 1 N–H and O–H groups in total. The van der Waals surface area contributed by atoms with Crippen LogP contribution < -0.4 is 10.1 Å². The number of carbonyl (C=O) groups is 2. The van der Waals surface area contributed by atoms with E-state index in [9.17, 15) is 9.59 Å². The molecule has 3 amide bonds. The zero-order valence-corrected chi connectivity index (χ0v) is 14.3. The van der Waals surface area contributed by atoms with Crippen molar-refractivity contribution in [3.63, 3.8) is 0 Å². The summed E-state index contributed by atoms with van der Waals surface area (Å²) in [4.78, 5) is 34.4. The standard InChI is InChI=1S/C18H13N3O3S/c1-9-3-8-12(25-9)15-13(10-4-6-11(24-2)7-5-10)14-16(19-15)20-18(23)21-17(14)22/h3-8H,1-2H3,(H,21,22,23). The molecule has 0 fully saturated rings. The van der Waals surface area contributed by atoms with Crippen molar-refractivity contribution in [2.45, 2.75) is 6.92 Å². The van der Waals surface area contributed by atoms with Crippen LogP contribution in [-0.2, 0) is 4.79 Å². The Kier molecular flexibility index (Phi) is 3.58. The Bertz CT molecular complexity index is 997. The van der Waals surface area contributed by atoms with Crippen molar-refractivity contribution < 1.29 is 14.3 Å². The van der Waals surface area contributed by atoms with Crippen molar-refractivity contribution in [2.24, 2.45) is 9.98 Å². The number of allylic oxidation sites excluding steroid dienone is 1. The van der Waals surface area contributed by atoms with Gasteiger partial charge in [0.1, 0.15) is 5.75 Å². The number of amidine groups is 1. The molecule has 0 radical (unpaired) electrons. The van der Waals surface area contributed by atoms with Crippen LogP contribution >= 0.6 is 11.3 Å². The maximum Gasteiger partial charge on any atom is 0.349 e. The zero-order valence-electron chi connectivity index (χ0n) is 13.5. The Labute approximate surface area is 147 Å². The van der Waals surface area contributed by atoms with Gasteiger partial charge >= 0.3 is 6.03 Å². The van der Waals surface area contributed by atoms with Gasteiger partial charge < -0.3 is 4.74 Å². The van der Waals surface area contributed by atoms with E-state index in [0.717, 1.165) is 21.1 Å². The normalized spacial score (nSPS) is 16.4. The molecule has 4 rings (SSSR count). The quantitative estimate of drug-likeness (QED) is 0.923. The SMILES string of the molecule is COc1ccc(C2=C3C(=O)NC(=O)N=C3N=C2c2ccc(C)s2)cc1. The number of hydrogen-bond donors (Lipinski definition) is 1. The second-order valence-corrected chi connectivity index (χ2v) is 6.83. The highest BCUT2D eigenvalue weighted by Gasteiger charge is 2.36. The molecular formula is C18H13N3O3S. The highest BCUT2D eigenvalue weighted by atomic mass is 32.1. The first-order chi connectivity index (χ1) is 12.1. The van der Waals surface area contributed by atoms with Crippen LogP contribution in [0.1, 0.15) is 15.3 Å². The van der Waals surface area contributed by atoms with Gasteiger partial charge in [-0.1, -0.05) is 12.1 Å². The average molecular weight is 351 g/mol. The maximum atomic E-state index is 12.4. The molecule has 0 unspecified atom stereocenters. The first-order valence-electron chi connectivity index (χ1n) is 7.56. The molecule has 25 heavy (non-hydrogen) atoms. The van der Waals surface area contributed by atoms with Crippen molar-refractivity contribution in [1.29, 1.82) is 0 Å². The van der Waals surface area contributed by atoms with Gasteiger partial charge in [0, 0.05) is 10.5 Å². The predicted octanol–water partition coefficient (Wildman–Crippen LogP) is 2.97. The van der Waals surface area contributed by atoms with Gasteiger partial charge in [-0.3, -0.25) is 10.1 Å². The lowest BCUT2D eigenvalue weighted by Gasteiger charge is -2.12. The molecule has 1 aromatic carbocycles. The number of thiophene rings is 1. The lowest BCUT2D eigenvalue weighted by Crippen LogP contribution is -2.36. The molecule has 2 aliphatic rings. The van der Waals surface area contributed by atoms with Crippen LogP contribution in [0.15, 0.2) is 52.0 Å². The summed E-state index contributed by atoms with van der Waals surface area (Å²) in [5.74, 6) is 0.406. The van der Waals surface area contributed by atoms with Crippen LogP contribution in [-0.4, -0.2) is 30.6 Å². The number of carbonyl (C=O) groups excluding carboxylic acids is 2. The number of fused-ring (bicyclic) bond motifs is 1. The monoisotopic (exact) mass is 351 g/mol. The van der Waals surface area contributed by atoms with E-state index in [2.05, 4.69) is 15.3 Å². The van der Waals surface area contributed by atoms with Crippen molar-refractivity contribution in [2.75, 3.05) is 7.11 Å². The van der Waals surface area contributed by atoms with Gasteiger partial charge in [0.25, 0.3) is 5.91 Å². The molecule has 0 saturated heterocycles. The molecule has 3 heterocycles. The Morgan fingerprint density at radius 1 is 1.00 bits per heavy atom. The number of imide groups is 1. The summed E-state index contributed by atoms with van der Waals surface area (Å²) in [6, 6.07) is 10.6. The number of benzene rings is 1. The van der Waals surface area contributed by atoms with Crippen molar-refractivity contribution >= 4 is 40.4 Å². The summed E-state index contributed by atoms with van der Waals surface area (Å²) in [5.41, 5.74) is 2.47. The fourth-order valence-corrected chi connectivity index (χ4v) is 3.67. The lowest BCUT2D eigenvalue weighted by molar-refractivity contribution is -0.116. The Morgan fingerprint density at radius 2 is 1.76 bits per heavy atom. The molecule has 124 valence electrons. The average Bonchev–Trinajstić information content (AvgIpc) is 3.18. The third kappa shape index (κ3) is 2.58. The number of rotatable bonds is 3. The molecule has 0 saturated carbocycles. The summed E-state index contributed by atoms with van der Waals surface area (Å²) in [7, 11) is 1.60. The second-order valence-electron chi connectivity index (χ2n) is 5.54. The van der Waals surface area contributed by atoms with Gasteiger partial charge in [-0.05, 0) is 36.8 Å². The second kappa shape index (κ2) is 5.78. The molecule has 2 aromatic rings. The third-order valence-corrected chi connectivity index (χ3v) is 4.94. The van der Waals surface area contributed by atoms with Gasteiger partial charge in [0.05, 0.1) is 23.3 Å². The molecule has 7 heteroatoms. The van der Waals surface area contributed by atoms with Crippen LogP contribution in [0.5, 0.6) is 5.75 Å². The van der Waals surface area contributed by atoms with Gasteiger partial charge in [-0.2, -0.15) is 4.99 Å². The van der Waals surface area contributed by atoms with Crippen molar-refractivity contribution in [3.8, 4) is 5.75 Å². The van der Waals surface area contributed by atoms with Crippen LogP contribution in [0.4, 0.5) is 4.79 Å². The number of ether oxygens (including phenoxy) is 1. The van der Waals surface area contributed by atoms with Crippen molar-refractivity contribution in [1.82, 2.24) is 5.32 Å². The van der Waals surface area contributed by atoms with Gasteiger partial charge in [0.2, 0.25) is 0 Å². The fourth-order valence-electron chi connectivity index (χ4n) is 2.81. The fraction of sp³-hybridized carbons (Fsp3) is 0.111. The molecule has 0 aliphatic carbocycles. The molecule has 0 spiro atoms. The molecular weight excluding hydrogens is 338 g/mol. The van der Waals surface area contributed by atoms with Crippen LogP contribution in [0, 0.1) is 6.92 Å². The number of aliphatic imine (C=N–C) groups is 2. The minimum Gasteiger partial charge on any atom is -0.497 e. The summed E-state index contributed by atoms with van der Waals surface area (Å²) in [5, 5.41) is 2.23. The molecule has 0 atom stereocenters. The van der Waals surface area contributed by atoms with Crippen LogP contribution in [0.2, 0.25) is 0 Å². The van der Waals surface area contributed by atoms with Crippen LogP contribution in [0.25, 0.3) is 5.57 Å². The first-order valence-corrected chi connectivity index (χ1v) is 8.37. The third-order valence-electron chi connectivity index (χ3n) is 3.94. The summed E-state index contributed by atoms with van der Waals surface area (Å²) < 4.78 is 5.20. The van der Waals surface area contributed by atoms with E-state index in [1.54, 1.807) is 18.4 Å². The number of urea groups is 1. The Balaban J connectivity index is 1.94. The van der Waals surface area contributed by atoms with E-state index in [1.165, 1.54) is 0 Å². The minimum absolute atomic E-state index is 0.167. The maximum absolute atomic E-state index is 12.4. The number of amides is 3. The number of methoxy groups -OCH3 is 1. The molecule has 0 bridgehead atoms. The van der Waals surface area contributed by atoms with Gasteiger partial charge in [-0.15, -0.1) is 11.3 Å². The highest BCUT2D eigenvalue weighted by molar-refractivity contribution is 7.14. The number of nitrogens with one attached hydrogen (secondary N) is 1. The predicted molar refractivity (Wildman–Crippen MR) is 96.5 cm³/mol. The van der Waals surface area contributed by atoms with Crippen molar-refractivity contribution in [3.05, 3.63) is 57.3 Å². The minimum atomic E-state index is -0.690. The van der Waals surface area contributed by atoms with E-state index in [0.29, 0.717) is 16.9 Å². The topological polar surface area (TPSA) is 80.1 Å². The van der Waals surface area contributed by atoms with Gasteiger partial charge in [-0.25, -0.2) is 9.79 Å². The first kappa shape index (κ1) is 15.5. The summed E-state index contributed by atoms with van der Waals surface area (Å²) in [6.07, 6.45) is 0. The molecule has 1 aromatic heterocycles. The number of nitrogens with zero attached hydrogens (tertiary/aromatic N) is 2. The van der Waals surface area contributed by atoms with Crippen LogP contribution in [0.3, 0.4) is 0 Å². The summed E-state index contributed by atoms with van der Waals surface area (Å²) >= 11 is 1.58. The lowest BCUT2D eigenvalue weighted by atomic mass is 9.95. The Morgan fingerprint density at radius 3 is 2.40 bits per heavy atom. The molecule has 6 nitrogen and oxygen atoms in total. The van der Waals surface area contributed by atoms with E-state index >= 15 is 0 Å². The van der Waals surface area contributed by atoms with E-state index in [-0.39, 0.29) is 5.84 Å². The van der Waals surface area contributed by atoms with E-state index in [4.69, 9.17) is 4.74 Å². The van der Waals surface area contributed by atoms with E-state index < -0.39 is 11.9 Å².